The summed E-state index contributed by atoms with van der Waals surface area (Å²) in [5.74, 6) is 2.08. The zero-order chi connectivity index (χ0) is 13.0. The smallest absolute Gasteiger partial charge is 0.149 e. The van der Waals surface area contributed by atoms with Crippen LogP contribution in [-0.2, 0) is 0 Å². The van der Waals surface area contributed by atoms with Crippen molar-refractivity contribution < 1.29 is 0 Å². The number of anilines is 2. The maximum atomic E-state index is 6.15. The zero-order valence-electron chi connectivity index (χ0n) is 10.7. The average Bonchev–Trinajstić information content (AvgIpc) is 2.26. The van der Waals surface area contributed by atoms with Crippen LogP contribution in [0.2, 0.25) is 10.0 Å². The molecule has 17 heavy (non-hydrogen) atoms. The predicted molar refractivity (Wildman–Crippen MR) is 76.5 cm³/mol. The number of nitrogens with one attached hydrogen (secondary N) is 1. The molecule has 1 N–H and O–H groups in total. The van der Waals surface area contributed by atoms with E-state index in [1.165, 1.54) is 0 Å². The molecule has 5 heteroatoms. The lowest BCUT2D eigenvalue weighted by atomic mass is 10.1. The Hall–Kier alpha value is -0.670. The van der Waals surface area contributed by atoms with Gasteiger partial charge in [-0.25, -0.2) is 4.98 Å². The highest BCUT2D eigenvalue weighted by atomic mass is 35.5. The van der Waals surface area contributed by atoms with Crippen LogP contribution in [-0.4, -0.2) is 25.6 Å². The summed E-state index contributed by atoms with van der Waals surface area (Å²) in [7, 11) is 3.78. The Morgan fingerprint density at radius 1 is 1.35 bits per heavy atom. The van der Waals surface area contributed by atoms with E-state index in [0.29, 0.717) is 21.8 Å². The van der Waals surface area contributed by atoms with Gasteiger partial charge in [-0.05, 0) is 18.4 Å². The van der Waals surface area contributed by atoms with Crippen molar-refractivity contribution in [2.75, 3.05) is 30.9 Å². The molecule has 0 unspecified atom stereocenters. The van der Waals surface area contributed by atoms with E-state index in [1.54, 1.807) is 13.1 Å². The molecule has 0 fully saturated rings. The molecule has 0 aliphatic rings. The molecule has 1 aromatic heterocycles. The maximum Gasteiger partial charge on any atom is 0.149 e. The van der Waals surface area contributed by atoms with Crippen molar-refractivity contribution in [3.63, 3.8) is 0 Å². The molecule has 0 radical (unpaired) electrons. The number of aromatic nitrogens is 1. The van der Waals surface area contributed by atoms with Gasteiger partial charge < -0.3 is 10.2 Å². The Labute approximate surface area is 113 Å². The topological polar surface area (TPSA) is 28.2 Å². The molecule has 0 saturated carbocycles. The highest BCUT2D eigenvalue weighted by Crippen LogP contribution is 2.30. The average molecular weight is 276 g/mol. The first-order valence-corrected chi connectivity index (χ1v) is 6.46. The molecular formula is C12H19Cl2N3. The maximum absolute atomic E-state index is 6.15. The third kappa shape index (κ3) is 3.93. The fourth-order valence-electron chi connectivity index (χ4n) is 1.46. The van der Waals surface area contributed by atoms with E-state index in [0.717, 1.165) is 18.8 Å². The number of hydrogen-bond acceptors (Lipinski definition) is 3. The Balaban J connectivity index is 2.89. The second-order valence-electron chi connectivity index (χ2n) is 4.48. The van der Waals surface area contributed by atoms with Crippen molar-refractivity contribution in [2.24, 2.45) is 5.92 Å². The van der Waals surface area contributed by atoms with Gasteiger partial charge in [0.25, 0.3) is 0 Å². The Morgan fingerprint density at radius 3 is 2.53 bits per heavy atom. The molecule has 0 aliphatic heterocycles. The molecule has 0 aromatic carbocycles. The largest absolute Gasteiger partial charge is 0.372 e. The lowest BCUT2D eigenvalue weighted by Gasteiger charge is -2.21. The number of pyridine rings is 1. The fraction of sp³-hybridized carbons (Fsp3) is 0.583. The molecule has 0 amide bonds. The summed E-state index contributed by atoms with van der Waals surface area (Å²) < 4.78 is 0. The molecule has 1 rings (SSSR count). The van der Waals surface area contributed by atoms with Gasteiger partial charge in [0, 0.05) is 20.6 Å². The van der Waals surface area contributed by atoms with Gasteiger partial charge in [-0.1, -0.05) is 37.0 Å². The van der Waals surface area contributed by atoms with Crippen molar-refractivity contribution in [3.8, 4) is 0 Å². The Morgan fingerprint density at radius 2 is 2.00 bits per heavy atom. The van der Waals surface area contributed by atoms with Crippen molar-refractivity contribution in [2.45, 2.75) is 20.3 Å². The molecule has 3 nitrogen and oxygen atoms in total. The van der Waals surface area contributed by atoms with Crippen LogP contribution in [0.25, 0.3) is 0 Å². The van der Waals surface area contributed by atoms with E-state index >= 15 is 0 Å². The normalized spacial score (nSPS) is 10.8. The molecule has 1 aromatic rings. The number of hydrogen-bond donors (Lipinski definition) is 1. The van der Waals surface area contributed by atoms with Crippen LogP contribution in [0.3, 0.4) is 0 Å². The van der Waals surface area contributed by atoms with Gasteiger partial charge in [-0.15, -0.1) is 0 Å². The van der Waals surface area contributed by atoms with Crippen LogP contribution < -0.4 is 10.2 Å². The van der Waals surface area contributed by atoms with E-state index < -0.39 is 0 Å². The fourth-order valence-corrected chi connectivity index (χ4v) is 2.05. The summed E-state index contributed by atoms with van der Waals surface area (Å²) in [4.78, 5) is 6.47. The van der Waals surface area contributed by atoms with Crippen LogP contribution in [0.15, 0.2) is 6.07 Å². The van der Waals surface area contributed by atoms with Gasteiger partial charge in [-0.2, -0.15) is 0 Å². The van der Waals surface area contributed by atoms with E-state index in [4.69, 9.17) is 23.2 Å². The minimum atomic E-state index is 0.540. The summed E-state index contributed by atoms with van der Waals surface area (Å²) in [5.41, 5.74) is 0. The monoisotopic (exact) mass is 275 g/mol. The molecule has 0 aliphatic carbocycles. The van der Waals surface area contributed by atoms with Crippen molar-refractivity contribution in [1.82, 2.24) is 4.98 Å². The first kappa shape index (κ1) is 14.4. The van der Waals surface area contributed by atoms with Gasteiger partial charge >= 0.3 is 0 Å². The van der Waals surface area contributed by atoms with Gasteiger partial charge in [0.1, 0.15) is 11.6 Å². The van der Waals surface area contributed by atoms with Crippen LogP contribution in [0.4, 0.5) is 11.6 Å². The SMILES string of the molecule is CNc1nc(N(C)CCC(C)C)c(Cl)cc1Cl. The minimum Gasteiger partial charge on any atom is -0.372 e. The van der Waals surface area contributed by atoms with E-state index in [9.17, 15) is 0 Å². The molecule has 96 valence electrons. The molecule has 0 atom stereocenters. The lowest BCUT2D eigenvalue weighted by Crippen LogP contribution is -2.21. The highest BCUT2D eigenvalue weighted by Gasteiger charge is 2.12. The minimum absolute atomic E-state index is 0.540. The van der Waals surface area contributed by atoms with E-state index in [1.807, 2.05) is 7.05 Å². The summed E-state index contributed by atoms with van der Waals surface area (Å²) in [6.07, 6.45) is 1.10. The summed E-state index contributed by atoms with van der Waals surface area (Å²) in [6, 6.07) is 1.73. The summed E-state index contributed by atoms with van der Waals surface area (Å²) >= 11 is 12.2. The predicted octanol–water partition coefficient (Wildman–Crippen LogP) is 3.91. The van der Waals surface area contributed by atoms with E-state index in [2.05, 4.69) is 29.0 Å². The number of nitrogens with zero attached hydrogens (tertiary/aromatic N) is 2. The second-order valence-corrected chi connectivity index (χ2v) is 5.29. The standard InChI is InChI=1S/C12H19Cl2N3/c1-8(2)5-6-17(4)12-10(14)7-9(13)11(15-3)16-12/h7-8H,5-6H2,1-4H3,(H,15,16). The van der Waals surface area contributed by atoms with Crippen molar-refractivity contribution >= 4 is 34.8 Å². The molecule has 0 saturated heterocycles. The van der Waals surface area contributed by atoms with Crippen LogP contribution in [0.1, 0.15) is 20.3 Å². The van der Waals surface area contributed by atoms with Gasteiger partial charge in [0.2, 0.25) is 0 Å². The number of halogens is 2. The highest BCUT2D eigenvalue weighted by molar-refractivity contribution is 6.37. The molecule has 0 spiro atoms. The molecular weight excluding hydrogens is 257 g/mol. The Kier molecular flexibility index (Phi) is 5.34. The van der Waals surface area contributed by atoms with E-state index in [-0.39, 0.29) is 0 Å². The van der Waals surface area contributed by atoms with Crippen LogP contribution in [0, 0.1) is 5.92 Å². The molecule has 1 heterocycles. The van der Waals surface area contributed by atoms with Crippen LogP contribution >= 0.6 is 23.2 Å². The second kappa shape index (κ2) is 6.31. The van der Waals surface area contributed by atoms with Gasteiger partial charge in [0.15, 0.2) is 0 Å². The van der Waals surface area contributed by atoms with Crippen molar-refractivity contribution in [3.05, 3.63) is 16.1 Å². The summed E-state index contributed by atoms with van der Waals surface area (Å²) in [5, 5.41) is 4.08. The van der Waals surface area contributed by atoms with Crippen molar-refractivity contribution in [1.29, 1.82) is 0 Å². The van der Waals surface area contributed by atoms with Gasteiger partial charge in [-0.3, -0.25) is 0 Å². The Bertz CT molecular complexity index is 380. The third-order valence-corrected chi connectivity index (χ3v) is 3.12. The summed E-state index contributed by atoms with van der Waals surface area (Å²) in [6.45, 7) is 5.32. The quantitative estimate of drug-likeness (QED) is 0.883. The van der Waals surface area contributed by atoms with Crippen LogP contribution in [0.5, 0.6) is 0 Å². The first-order chi connectivity index (χ1) is 7.95. The first-order valence-electron chi connectivity index (χ1n) is 5.70. The van der Waals surface area contributed by atoms with Gasteiger partial charge in [0.05, 0.1) is 10.0 Å². The zero-order valence-corrected chi connectivity index (χ0v) is 12.2. The number of rotatable bonds is 5. The molecule has 0 bridgehead atoms. The lowest BCUT2D eigenvalue weighted by molar-refractivity contribution is 0.584. The third-order valence-electron chi connectivity index (χ3n) is 2.55.